The number of likely N-dealkylation sites (tertiary alicyclic amines) is 1. The van der Waals surface area contributed by atoms with E-state index in [4.69, 9.17) is 9.15 Å². The number of aliphatic hydroxyl groups excluding tert-OH is 1. The molecule has 0 saturated carbocycles. The van der Waals surface area contributed by atoms with Gasteiger partial charge in [0, 0.05) is 25.1 Å². The largest absolute Gasteiger partial charge is 0.472 e. The van der Waals surface area contributed by atoms with E-state index < -0.39 is 6.10 Å². The Labute approximate surface area is 93.6 Å². The van der Waals surface area contributed by atoms with Gasteiger partial charge in [-0.2, -0.15) is 0 Å². The second-order valence-electron chi connectivity index (χ2n) is 3.99. The normalized spacial score (nSPS) is 25.9. The molecular formula is C11H15NO4. The molecule has 0 aromatic carbocycles. The Hall–Kier alpha value is -1.33. The SMILES string of the molecule is COC(=O)C1CC(O)CN1Cc1ccoc1. The highest BCUT2D eigenvalue weighted by Crippen LogP contribution is 2.21. The topological polar surface area (TPSA) is 62.9 Å². The molecule has 16 heavy (non-hydrogen) atoms. The number of furan rings is 1. The zero-order valence-corrected chi connectivity index (χ0v) is 9.13. The number of rotatable bonds is 3. The first kappa shape index (κ1) is 11.2. The maximum atomic E-state index is 11.5. The summed E-state index contributed by atoms with van der Waals surface area (Å²) in [6, 6.07) is 1.49. The van der Waals surface area contributed by atoms with E-state index in [1.54, 1.807) is 12.5 Å². The van der Waals surface area contributed by atoms with Crippen molar-refractivity contribution in [1.82, 2.24) is 4.90 Å². The fraction of sp³-hybridized carbons (Fsp3) is 0.545. The summed E-state index contributed by atoms with van der Waals surface area (Å²) in [6.07, 6.45) is 3.20. The lowest BCUT2D eigenvalue weighted by molar-refractivity contribution is -0.146. The summed E-state index contributed by atoms with van der Waals surface area (Å²) >= 11 is 0. The van der Waals surface area contributed by atoms with Crippen LogP contribution in [0, 0.1) is 0 Å². The Balaban J connectivity index is 2.04. The highest BCUT2D eigenvalue weighted by Gasteiger charge is 2.36. The van der Waals surface area contributed by atoms with Gasteiger partial charge in [-0.1, -0.05) is 0 Å². The molecule has 2 atom stereocenters. The van der Waals surface area contributed by atoms with E-state index in [-0.39, 0.29) is 12.0 Å². The van der Waals surface area contributed by atoms with Crippen LogP contribution in [-0.2, 0) is 16.1 Å². The standard InChI is InChI=1S/C11H15NO4/c1-15-11(14)10-4-9(13)6-12(10)5-8-2-3-16-7-8/h2-3,7,9-10,13H,4-6H2,1H3. The number of nitrogens with zero attached hydrogens (tertiary/aromatic N) is 1. The minimum atomic E-state index is -0.462. The van der Waals surface area contributed by atoms with Crippen molar-refractivity contribution in [1.29, 1.82) is 0 Å². The van der Waals surface area contributed by atoms with Crippen molar-refractivity contribution in [2.24, 2.45) is 0 Å². The van der Waals surface area contributed by atoms with Gasteiger partial charge in [0.2, 0.25) is 0 Å². The first-order valence-corrected chi connectivity index (χ1v) is 5.21. The van der Waals surface area contributed by atoms with Gasteiger partial charge in [-0.3, -0.25) is 9.69 Å². The molecule has 2 unspecified atom stereocenters. The number of aliphatic hydroxyl groups is 1. The van der Waals surface area contributed by atoms with Gasteiger partial charge in [0.1, 0.15) is 6.04 Å². The Morgan fingerprint density at radius 1 is 1.75 bits per heavy atom. The highest BCUT2D eigenvalue weighted by atomic mass is 16.5. The molecule has 0 amide bonds. The molecule has 1 saturated heterocycles. The van der Waals surface area contributed by atoms with Crippen LogP contribution in [0.2, 0.25) is 0 Å². The fourth-order valence-electron chi connectivity index (χ4n) is 2.05. The number of carbonyl (C=O) groups excluding carboxylic acids is 1. The van der Waals surface area contributed by atoms with E-state index >= 15 is 0 Å². The summed E-state index contributed by atoms with van der Waals surface area (Å²) in [5.74, 6) is -0.292. The van der Waals surface area contributed by atoms with Gasteiger partial charge in [-0.25, -0.2) is 0 Å². The summed E-state index contributed by atoms with van der Waals surface area (Å²) in [4.78, 5) is 13.4. The second kappa shape index (κ2) is 4.67. The molecule has 5 heteroatoms. The average molecular weight is 225 g/mol. The Morgan fingerprint density at radius 2 is 2.56 bits per heavy atom. The molecule has 1 N–H and O–H groups in total. The van der Waals surface area contributed by atoms with Gasteiger partial charge >= 0.3 is 5.97 Å². The monoisotopic (exact) mass is 225 g/mol. The second-order valence-corrected chi connectivity index (χ2v) is 3.99. The van der Waals surface area contributed by atoms with Crippen molar-refractivity contribution in [3.05, 3.63) is 24.2 Å². The molecule has 0 radical (unpaired) electrons. The third kappa shape index (κ3) is 2.25. The number of β-amino-alcohol motifs (C(OH)–C–C–N with tert-alkyl or cyclic N) is 1. The molecule has 1 aromatic heterocycles. The highest BCUT2D eigenvalue weighted by molar-refractivity contribution is 5.76. The lowest BCUT2D eigenvalue weighted by Gasteiger charge is -2.20. The predicted molar refractivity (Wildman–Crippen MR) is 55.5 cm³/mol. The number of esters is 1. The lowest BCUT2D eigenvalue weighted by atomic mass is 10.2. The third-order valence-electron chi connectivity index (χ3n) is 2.82. The van der Waals surface area contributed by atoms with Gasteiger partial charge < -0.3 is 14.3 Å². The number of hydrogen-bond donors (Lipinski definition) is 1. The summed E-state index contributed by atoms with van der Waals surface area (Å²) in [5.41, 5.74) is 0.989. The number of hydrogen-bond acceptors (Lipinski definition) is 5. The van der Waals surface area contributed by atoms with Crippen LogP contribution < -0.4 is 0 Å². The van der Waals surface area contributed by atoms with Crippen molar-refractivity contribution in [3.8, 4) is 0 Å². The Bertz CT molecular complexity index is 349. The van der Waals surface area contributed by atoms with Crippen LogP contribution in [0.1, 0.15) is 12.0 Å². The molecular weight excluding hydrogens is 210 g/mol. The number of carbonyl (C=O) groups is 1. The van der Waals surface area contributed by atoms with E-state index in [1.807, 2.05) is 11.0 Å². The van der Waals surface area contributed by atoms with Crippen LogP contribution in [0.4, 0.5) is 0 Å². The van der Waals surface area contributed by atoms with Crippen LogP contribution in [0.3, 0.4) is 0 Å². The molecule has 1 aliphatic heterocycles. The summed E-state index contributed by atoms with van der Waals surface area (Å²) in [6.45, 7) is 1.08. The zero-order valence-electron chi connectivity index (χ0n) is 9.13. The van der Waals surface area contributed by atoms with E-state index in [9.17, 15) is 9.90 Å². The first-order chi connectivity index (χ1) is 7.70. The molecule has 0 bridgehead atoms. The molecule has 2 rings (SSSR count). The van der Waals surface area contributed by atoms with Crippen LogP contribution >= 0.6 is 0 Å². The molecule has 2 heterocycles. The van der Waals surface area contributed by atoms with Crippen LogP contribution in [0.5, 0.6) is 0 Å². The predicted octanol–water partition coefficient (Wildman–Crippen LogP) is 0.388. The third-order valence-corrected chi connectivity index (χ3v) is 2.82. The maximum absolute atomic E-state index is 11.5. The fourth-order valence-corrected chi connectivity index (χ4v) is 2.05. The maximum Gasteiger partial charge on any atom is 0.323 e. The van der Waals surface area contributed by atoms with Crippen LogP contribution in [0.25, 0.3) is 0 Å². The number of methoxy groups -OCH3 is 1. The van der Waals surface area contributed by atoms with E-state index in [0.717, 1.165) is 5.56 Å². The van der Waals surface area contributed by atoms with Crippen molar-refractivity contribution in [2.75, 3.05) is 13.7 Å². The summed E-state index contributed by atoms with van der Waals surface area (Å²) in [7, 11) is 1.36. The van der Waals surface area contributed by atoms with Crippen molar-refractivity contribution >= 4 is 5.97 Å². The molecule has 0 spiro atoms. The smallest absolute Gasteiger partial charge is 0.323 e. The molecule has 1 aliphatic rings. The van der Waals surface area contributed by atoms with Gasteiger partial charge in [0.25, 0.3) is 0 Å². The van der Waals surface area contributed by atoms with Crippen molar-refractivity contribution in [3.63, 3.8) is 0 Å². The van der Waals surface area contributed by atoms with Crippen molar-refractivity contribution < 1.29 is 19.1 Å². The molecule has 1 aromatic rings. The minimum absolute atomic E-state index is 0.292. The molecule has 5 nitrogen and oxygen atoms in total. The molecule has 1 fully saturated rings. The van der Waals surface area contributed by atoms with Crippen LogP contribution in [-0.4, -0.2) is 41.8 Å². The molecule has 0 aliphatic carbocycles. The summed E-state index contributed by atoms with van der Waals surface area (Å²) in [5, 5.41) is 9.57. The minimum Gasteiger partial charge on any atom is -0.472 e. The Morgan fingerprint density at radius 3 is 3.19 bits per heavy atom. The first-order valence-electron chi connectivity index (χ1n) is 5.21. The number of ether oxygens (including phenoxy) is 1. The zero-order chi connectivity index (χ0) is 11.5. The van der Waals surface area contributed by atoms with E-state index in [1.165, 1.54) is 7.11 Å². The molecule has 88 valence electrons. The quantitative estimate of drug-likeness (QED) is 0.754. The average Bonchev–Trinajstić information content (AvgIpc) is 2.88. The van der Waals surface area contributed by atoms with Crippen LogP contribution in [0.15, 0.2) is 23.0 Å². The van der Waals surface area contributed by atoms with Crippen molar-refractivity contribution in [2.45, 2.75) is 25.1 Å². The van der Waals surface area contributed by atoms with Gasteiger partial charge in [0.15, 0.2) is 0 Å². The van der Waals surface area contributed by atoms with Gasteiger partial charge in [-0.15, -0.1) is 0 Å². The van der Waals surface area contributed by atoms with Gasteiger partial charge in [0.05, 0.1) is 25.7 Å². The van der Waals surface area contributed by atoms with E-state index in [0.29, 0.717) is 19.5 Å². The van der Waals surface area contributed by atoms with Gasteiger partial charge in [-0.05, 0) is 6.07 Å². The summed E-state index contributed by atoms with van der Waals surface area (Å²) < 4.78 is 9.69. The Kier molecular flexibility index (Phi) is 3.26. The lowest BCUT2D eigenvalue weighted by Crippen LogP contribution is -2.36. The van der Waals surface area contributed by atoms with E-state index in [2.05, 4.69) is 0 Å².